The third kappa shape index (κ3) is 4.21. The van der Waals surface area contributed by atoms with Crippen molar-refractivity contribution in [1.29, 1.82) is 5.26 Å². The molecule has 4 nitrogen and oxygen atoms in total. The van der Waals surface area contributed by atoms with Crippen LogP contribution in [0.2, 0.25) is 0 Å². The Morgan fingerprint density at radius 2 is 2.14 bits per heavy atom. The number of benzene rings is 1. The minimum absolute atomic E-state index is 0.0112. The molecule has 0 aromatic heterocycles. The first-order valence-corrected chi connectivity index (χ1v) is 7.06. The van der Waals surface area contributed by atoms with Gasteiger partial charge >= 0.3 is 0 Å². The van der Waals surface area contributed by atoms with Crippen molar-refractivity contribution >= 4 is 0 Å². The molecule has 114 valence electrons. The third-order valence-electron chi connectivity index (χ3n) is 3.61. The second-order valence-corrected chi connectivity index (χ2v) is 5.05. The molecular formula is C15H19F2N3O. The van der Waals surface area contributed by atoms with Crippen molar-refractivity contribution in [2.45, 2.75) is 19.6 Å². The van der Waals surface area contributed by atoms with E-state index >= 15 is 0 Å². The topological polar surface area (TPSA) is 48.3 Å². The number of ether oxygens (including phenoxy) is 1. The number of rotatable bonds is 5. The number of morpholine rings is 1. The van der Waals surface area contributed by atoms with Crippen LogP contribution in [0.5, 0.6) is 0 Å². The lowest BCUT2D eigenvalue weighted by Crippen LogP contribution is -2.46. The van der Waals surface area contributed by atoms with E-state index in [-0.39, 0.29) is 23.8 Å². The van der Waals surface area contributed by atoms with Gasteiger partial charge < -0.3 is 10.1 Å². The summed E-state index contributed by atoms with van der Waals surface area (Å²) in [4.78, 5) is 2.28. The van der Waals surface area contributed by atoms with E-state index in [2.05, 4.69) is 17.1 Å². The van der Waals surface area contributed by atoms with Crippen molar-refractivity contribution in [2.75, 3.05) is 32.8 Å². The minimum Gasteiger partial charge on any atom is -0.374 e. The average molecular weight is 295 g/mol. The molecule has 1 aromatic rings. The third-order valence-corrected chi connectivity index (χ3v) is 3.61. The number of nitrogens with zero attached hydrogens (tertiary/aromatic N) is 2. The van der Waals surface area contributed by atoms with Gasteiger partial charge in [0.15, 0.2) is 0 Å². The van der Waals surface area contributed by atoms with Gasteiger partial charge in [0, 0.05) is 31.7 Å². The fourth-order valence-corrected chi connectivity index (χ4v) is 2.39. The maximum Gasteiger partial charge on any atom is 0.131 e. The van der Waals surface area contributed by atoms with Crippen LogP contribution >= 0.6 is 0 Å². The molecule has 1 N–H and O–H groups in total. The summed E-state index contributed by atoms with van der Waals surface area (Å²) >= 11 is 0. The van der Waals surface area contributed by atoms with Gasteiger partial charge in [-0.2, -0.15) is 5.26 Å². The summed E-state index contributed by atoms with van der Waals surface area (Å²) in [7, 11) is 0. The smallest absolute Gasteiger partial charge is 0.131 e. The van der Waals surface area contributed by atoms with E-state index < -0.39 is 11.6 Å². The fourth-order valence-electron chi connectivity index (χ4n) is 2.39. The molecule has 1 aliphatic heterocycles. The number of hydrogen-bond acceptors (Lipinski definition) is 4. The number of hydrogen-bond donors (Lipinski definition) is 1. The largest absolute Gasteiger partial charge is 0.374 e. The highest BCUT2D eigenvalue weighted by atomic mass is 19.1. The van der Waals surface area contributed by atoms with E-state index in [1.54, 1.807) is 6.07 Å². The molecular weight excluding hydrogens is 276 g/mol. The van der Waals surface area contributed by atoms with Gasteiger partial charge in [-0.25, -0.2) is 8.78 Å². The molecule has 1 heterocycles. The Balaban J connectivity index is 1.88. The second-order valence-electron chi connectivity index (χ2n) is 5.05. The molecule has 0 amide bonds. The molecule has 0 bridgehead atoms. The zero-order valence-electron chi connectivity index (χ0n) is 12.0. The Bertz CT molecular complexity index is 507. The lowest BCUT2D eigenvalue weighted by molar-refractivity contribution is -0.0254. The molecule has 6 heteroatoms. The van der Waals surface area contributed by atoms with Gasteiger partial charge in [-0.05, 0) is 18.7 Å². The highest BCUT2D eigenvalue weighted by Crippen LogP contribution is 2.15. The molecule has 1 aromatic carbocycles. The Morgan fingerprint density at radius 3 is 2.76 bits per heavy atom. The Morgan fingerprint density at radius 1 is 1.43 bits per heavy atom. The van der Waals surface area contributed by atoms with Gasteiger partial charge in [0.05, 0.1) is 24.3 Å². The van der Waals surface area contributed by atoms with E-state index in [1.165, 1.54) is 0 Å². The fraction of sp³-hybridized carbons (Fsp3) is 0.533. The Hall–Kier alpha value is -1.55. The van der Waals surface area contributed by atoms with Gasteiger partial charge in [-0.3, -0.25) is 4.90 Å². The molecule has 0 aliphatic carbocycles. The van der Waals surface area contributed by atoms with Crippen LogP contribution in [-0.4, -0.2) is 43.8 Å². The van der Waals surface area contributed by atoms with Crippen LogP contribution in [0.15, 0.2) is 12.1 Å². The van der Waals surface area contributed by atoms with E-state index in [0.29, 0.717) is 13.2 Å². The van der Waals surface area contributed by atoms with E-state index in [1.807, 2.05) is 0 Å². The molecule has 1 saturated heterocycles. The van der Waals surface area contributed by atoms with Crippen molar-refractivity contribution in [3.8, 4) is 6.07 Å². The lowest BCUT2D eigenvalue weighted by atomic mass is 10.1. The van der Waals surface area contributed by atoms with Crippen LogP contribution in [0, 0.1) is 23.0 Å². The van der Waals surface area contributed by atoms with Gasteiger partial charge in [0.25, 0.3) is 0 Å². The maximum atomic E-state index is 13.7. The van der Waals surface area contributed by atoms with Crippen LogP contribution in [0.4, 0.5) is 8.78 Å². The van der Waals surface area contributed by atoms with Crippen LogP contribution < -0.4 is 5.32 Å². The van der Waals surface area contributed by atoms with Crippen LogP contribution in [0.25, 0.3) is 0 Å². The summed E-state index contributed by atoms with van der Waals surface area (Å²) in [5.41, 5.74) is -0.0555. The molecule has 0 saturated carbocycles. The molecule has 21 heavy (non-hydrogen) atoms. The zero-order valence-corrected chi connectivity index (χ0v) is 12.0. The highest BCUT2D eigenvalue weighted by Gasteiger charge is 2.19. The maximum absolute atomic E-state index is 13.7. The molecule has 1 unspecified atom stereocenters. The first-order valence-electron chi connectivity index (χ1n) is 7.06. The lowest BCUT2D eigenvalue weighted by Gasteiger charge is -2.32. The van der Waals surface area contributed by atoms with Crippen LogP contribution in [0.3, 0.4) is 0 Å². The quantitative estimate of drug-likeness (QED) is 0.897. The number of nitriles is 1. The van der Waals surface area contributed by atoms with Crippen molar-refractivity contribution in [1.82, 2.24) is 10.2 Å². The molecule has 0 spiro atoms. The molecule has 2 rings (SSSR count). The summed E-state index contributed by atoms with van der Waals surface area (Å²) in [5.74, 6) is -1.39. The zero-order chi connectivity index (χ0) is 15.2. The monoisotopic (exact) mass is 295 g/mol. The standard InChI is InChI=1S/C15H19F2N3O/c1-2-20-3-4-21-12(10-20)8-19-9-13-14(16)5-11(7-18)6-15(13)17/h5-6,12,19H,2-4,8-10H2,1H3. The van der Waals surface area contributed by atoms with E-state index in [0.717, 1.165) is 31.8 Å². The van der Waals surface area contributed by atoms with Crippen molar-refractivity contribution in [3.05, 3.63) is 34.9 Å². The summed E-state index contributed by atoms with van der Waals surface area (Å²) in [6.45, 7) is 6.11. The SMILES string of the molecule is CCN1CCOC(CNCc2c(F)cc(C#N)cc2F)C1. The van der Waals surface area contributed by atoms with Crippen LogP contribution in [0.1, 0.15) is 18.1 Å². The predicted octanol–water partition coefficient (Wildman–Crippen LogP) is 1.65. The summed E-state index contributed by atoms with van der Waals surface area (Å²) < 4.78 is 33.0. The number of likely N-dealkylation sites (N-methyl/N-ethyl adjacent to an activating group) is 1. The number of halogens is 2. The van der Waals surface area contributed by atoms with Crippen molar-refractivity contribution in [3.63, 3.8) is 0 Å². The minimum atomic E-state index is -0.696. The first kappa shape index (κ1) is 15.8. The van der Waals surface area contributed by atoms with Gasteiger partial charge in [-0.15, -0.1) is 0 Å². The Kier molecular flexibility index (Phi) is 5.62. The summed E-state index contributed by atoms with van der Waals surface area (Å²) in [5, 5.41) is 11.7. The van der Waals surface area contributed by atoms with Crippen LogP contribution in [-0.2, 0) is 11.3 Å². The second kappa shape index (κ2) is 7.46. The van der Waals surface area contributed by atoms with E-state index in [4.69, 9.17) is 10.00 Å². The Labute approximate surface area is 123 Å². The molecule has 1 fully saturated rings. The van der Waals surface area contributed by atoms with Crippen molar-refractivity contribution in [2.24, 2.45) is 0 Å². The van der Waals surface area contributed by atoms with Crippen molar-refractivity contribution < 1.29 is 13.5 Å². The first-order chi connectivity index (χ1) is 10.1. The van der Waals surface area contributed by atoms with Gasteiger partial charge in [0.1, 0.15) is 11.6 Å². The molecule has 1 aliphatic rings. The van der Waals surface area contributed by atoms with Gasteiger partial charge in [0.2, 0.25) is 0 Å². The molecule has 1 atom stereocenters. The molecule has 0 radical (unpaired) electrons. The number of nitrogens with one attached hydrogen (secondary N) is 1. The average Bonchev–Trinajstić information content (AvgIpc) is 2.50. The summed E-state index contributed by atoms with van der Waals surface area (Å²) in [6, 6.07) is 3.83. The highest BCUT2D eigenvalue weighted by molar-refractivity contribution is 5.34. The van der Waals surface area contributed by atoms with E-state index in [9.17, 15) is 8.78 Å². The summed E-state index contributed by atoms with van der Waals surface area (Å²) in [6.07, 6.45) is 0.0307. The predicted molar refractivity (Wildman–Crippen MR) is 74.6 cm³/mol. The van der Waals surface area contributed by atoms with Gasteiger partial charge in [-0.1, -0.05) is 6.92 Å². The normalized spacial score (nSPS) is 19.4.